The van der Waals surface area contributed by atoms with Gasteiger partial charge in [0.1, 0.15) is 5.75 Å². The maximum absolute atomic E-state index is 8.41. The summed E-state index contributed by atoms with van der Waals surface area (Å²) in [6.07, 6.45) is 0. The number of rotatable bonds is 2. The van der Waals surface area contributed by atoms with Gasteiger partial charge in [0.15, 0.2) is 5.69 Å². The number of hydrogen-bond acceptors (Lipinski definition) is 1. The van der Waals surface area contributed by atoms with Crippen LogP contribution in [0.2, 0.25) is 0 Å². The average Bonchev–Trinajstić information content (AvgIpc) is 2.05. The quantitative estimate of drug-likeness (QED) is 0.589. The lowest BCUT2D eigenvalue weighted by molar-refractivity contribution is -0.379. The Hall–Kier alpha value is -1.38. The molecule has 0 fully saturated rings. The van der Waals surface area contributed by atoms with Gasteiger partial charge in [-0.1, -0.05) is 0 Å². The molecule has 3 heteroatoms. The minimum absolute atomic E-state index is 0.654. The largest absolute Gasteiger partial charge is 0.502 e. The lowest BCUT2D eigenvalue weighted by atomic mass is 10.3. The SMILES string of the molecule is COc1ccc([NH+]=[N-])cc1. The highest BCUT2D eigenvalue weighted by Crippen LogP contribution is 2.10. The second-order valence-electron chi connectivity index (χ2n) is 1.84. The summed E-state index contributed by atoms with van der Waals surface area (Å²) in [4.78, 5) is 0. The fraction of sp³-hybridized carbons (Fsp3) is 0.143. The van der Waals surface area contributed by atoms with Crippen LogP contribution < -0.4 is 9.85 Å². The molecule has 0 aliphatic carbocycles. The lowest BCUT2D eigenvalue weighted by Gasteiger charge is -1.95. The highest BCUT2D eigenvalue weighted by molar-refractivity contribution is 5.34. The molecule has 0 atom stereocenters. The second kappa shape index (κ2) is 2.96. The van der Waals surface area contributed by atoms with E-state index in [1.807, 2.05) is 5.11 Å². The number of hydrogen-bond donors (Lipinski definition) is 1. The zero-order valence-electron chi connectivity index (χ0n) is 5.66. The highest BCUT2D eigenvalue weighted by atomic mass is 16.5. The fourth-order valence-electron chi connectivity index (χ4n) is 0.666. The summed E-state index contributed by atoms with van der Waals surface area (Å²) in [6.45, 7) is 0. The standard InChI is InChI=1S/C7H8N2O/c1-10-7-4-2-6(9-8)3-5-7/h2-5,9H,1H3. The molecule has 1 rings (SSSR count). The molecule has 0 saturated heterocycles. The lowest BCUT2D eigenvalue weighted by Crippen LogP contribution is -2.54. The summed E-state index contributed by atoms with van der Waals surface area (Å²) in [5, 5.41) is 2.02. The van der Waals surface area contributed by atoms with E-state index in [1.165, 1.54) is 0 Å². The van der Waals surface area contributed by atoms with Gasteiger partial charge in [-0.3, -0.25) is 5.11 Å². The van der Waals surface area contributed by atoms with E-state index in [4.69, 9.17) is 10.3 Å². The summed E-state index contributed by atoms with van der Waals surface area (Å²) in [5.41, 5.74) is 9.06. The first-order valence-electron chi connectivity index (χ1n) is 2.91. The molecule has 0 unspecified atom stereocenters. The van der Waals surface area contributed by atoms with Crippen LogP contribution in [0.4, 0.5) is 5.69 Å². The molecule has 0 aromatic heterocycles. The molecule has 0 amide bonds. The maximum Gasteiger partial charge on any atom is 0.192 e. The molecule has 0 spiro atoms. The Balaban J connectivity index is 2.90. The van der Waals surface area contributed by atoms with Gasteiger partial charge in [-0.05, 0) is 12.1 Å². The Morgan fingerprint density at radius 2 is 1.90 bits per heavy atom. The number of nitrogens with zero attached hydrogens (tertiary/aromatic N) is 1. The van der Waals surface area contributed by atoms with Crippen LogP contribution in [0.15, 0.2) is 24.3 Å². The van der Waals surface area contributed by atoms with E-state index in [1.54, 1.807) is 31.4 Å². The topological polar surface area (TPSA) is 45.5 Å². The molecular weight excluding hydrogens is 128 g/mol. The van der Waals surface area contributed by atoms with Crippen LogP contribution >= 0.6 is 0 Å². The van der Waals surface area contributed by atoms with E-state index in [2.05, 4.69) is 0 Å². The molecule has 1 aromatic carbocycles. The van der Waals surface area contributed by atoms with E-state index in [9.17, 15) is 0 Å². The zero-order chi connectivity index (χ0) is 7.40. The van der Waals surface area contributed by atoms with Gasteiger partial charge in [0.25, 0.3) is 0 Å². The van der Waals surface area contributed by atoms with Crippen LogP contribution in [0.1, 0.15) is 0 Å². The van der Waals surface area contributed by atoms with Crippen LogP contribution in [-0.4, -0.2) is 7.11 Å². The van der Waals surface area contributed by atoms with Crippen molar-refractivity contribution >= 4 is 5.69 Å². The van der Waals surface area contributed by atoms with E-state index >= 15 is 0 Å². The molecule has 0 radical (unpaired) electrons. The number of nitrogens with one attached hydrogen (secondary N) is 1. The van der Waals surface area contributed by atoms with Crippen molar-refractivity contribution in [3.05, 3.63) is 29.8 Å². The first-order chi connectivity index (χ1) is 4.86. The van der Waals surface area contributed by atoms with Crippen molar-refractivity contribution in [3.63, 3.8) is 0 Å². The highest BCUT2D eigenvalue weighted by Gasteiger charge is 1.91. The predicted octanol–water partition coefficient (Wildman–Crippen LogP) is 0.429. The monoisotopic (exact) mass is 136 g/mol. The zero-order valence-corrected chi connectivity index (χ0v) is 5.66. The molecule has 10 heavy (non-hydrogen) atoms. The summed E-state index contributed by atoms with van der Waals surface area (Å²) in [5.74, 6) is 0.777. The van der Waals surface area contributed by atoms with Crippen molar-refractivity contribution in [1.29, 1.82) is 0 Å². The molecule has 0 saturated carbocycles. The number of benzene rings is 1. The van der Waals surface area contributed by atoms with Gasteiger partial charge in [-0.2, -0.15) is 0 Å². The number of ether oxygens (including phenoxy) is 1. The minimum atomic E-state index is 0.654. The maximum atomic E-state index is 8.41. The summed E-state index contributed by atoms with van der Waals surface area (Å²) >= 11 is 0. The van der Waals surface area contributed by atoms with E-state index in [-0.39, 0.29) is 0 Å². The summed E-state index contributed by atoms with van der Waals surface area (Å²) in [7, 11) is 1.60. The third-order valence-corrected chi connectivity index (χ3v) is 1.22. The molecule has 52 valence electrons. The fourth-order valence-corrected chi connectivity index (χ4v) is 0.666. The molecule has 3 nitrogen and oxygen atoms in total. The molecule has 1 N–H and O–H groups in total. The van der Waals surface area contributed by atoms with Crippen molar-refractivity contribution in [2.45, 2.75) is 0 Å². The third-order valence-electron chi connectivity index (χ3n) is 1.22. The molecular formula is C7H8N2O. The second-order valence-corrected chi connectivity index (χ2v) is 1.84. The Morgan fingerprint density at radius 3 is 2.30 bits per heavy atom. The van der Waals surface area contributed by atoms with E-state index < -0.39 is 0 Å². The van der Waals surface area contributed by atoms with Gasteiger partial charge >= 0.3 is 0 Å². The van der Waals surface area contributed by atoms with Gasteiger partial charge in [-0.15, -0.1) is 0 Å². The summed E-state index contributed by atoms with van der Waals surface area (Å²) in [6, 6.07) is 6.97. The average molecular weight is 136 g/mol. The number of methoxy groups -OCH3 is 1. The normalized spacial score (nSPS) is 8.90. The Kier molecular flexibility index (Phi) is 1.99. The van der Waals surface area contributed by atoms with Crippen molar-refractivity contribution in [2.75, 3.05) is 7.11 Å². The van der Waals surface area contributed by atoms with Crippen molar-refractivity contribution in [3.8, 4) is 5.75 Å². The molecule has 0 heterocycles. The Labute approximate surface area is 59.1 Å². The third kappa shape index (κ3) is 1.31. The van der Waals surface area contributed by atoms with Gasteiger partial charge in [0.05, 0.1) is 7.11 Å². The van der Waals surface area contributed by atoms with Gasteiger partial charge in [0.2, 0.25) is 0 Å². The molecule has 0 aliphatic rings. The Bertz CT molecular complexity index is 218. The van der Waals surface area contributed by atoms with Crippen LogP contribution in [0.3, 0.4) is 0 Å². The van der Waals surface area contributed by atoms with Gasteiger partial charge in [0, 0.05) is 12.1 Å². The van der Waals surface area contributed by atoms with Gasteiger partial charge in [-0.25, -0.2) is 0 Å². The Morgan fingerprint density at radius 1 is 1.30 bits per heavy atom. The van der Waals surface area contributed by atoms with Gasteiger partial charge < -0.3 is 10.3 Å². The van der Waals surface area contributed by atoms with Crippen molar-refractivity contribution in [1.82, 2.24) is 0 Å². The first kappa shape index (κ1) is 6.74. The van der Waals surface area contributed by atoms with E-state index in [0.717, 1.165) is 5.75 Å². The van der Waals surface area contributed by atoms with Crippen molar-refractivity contribution in [2.24, 2.45) is 0 Å². The van der Waals surface area contributed by atoms with Crippen LogP contribution in [-0.2, 0) is 0 Å². The van der Waals surface area contributed by atoms with Crippen LogP contribution in [0, 0.1) is 0 Å². The predicted molar refractivity (Wildman–Crippen MR) is 37.0 cm³/mol. The smallest absolute Gasteiger partial charge is 0.192 e. The van der Waals surface area contributed by atoms with E-state index in [0.29, 0.717) is 5.69 Å². The molecule has 1 aromatic rings. The first-order valence-corrected chi connectivity index (χ1v) is 2.91. The van der Waals surface area contributed by atoms with Crippen LogP contribution in [0.25, 0.3) is 5.53 Å². The van der Waals surface area contributed by atoms with Crippen LogP contribution in [0.5, 0.6) is 5.75 Å². The molecule has 0 aliphatic heterocycles. The van der Waals surface area contributed by atoms with Crippen molar-refractivity contribution < 1.29 is 9.85 Å². The minimum Gasteiger partial charge on any atom is -0.502 e. The molecule has 0 bridgehead atoms. The summed E-state index contributed by atoms with van der Waals surface area (Å²) < 4.78 is 4.90.